The number of aromatic nitrogens is 2. The van der Waals surface area contributed by atoms with Crippen molar-refractivity contribution in [3.8, 4) is 0 Å². The quantitative estimate of drug-likeness (QED) is 0.320. The molecule has 0 saturated carbocycles. The van der Waals surface area contributed by atoms with E-state index in [2.05, 4.69) is 10.3 Å². The first-order chi connectivity index (χ1) is 14.9. The summed E-state index contributed by atoms with van der Waals surface area (Å²) in [6.07, 6.45) is 2.30. The van der Waals surface area contributed by atoms with Crippen LogP contribution in [-0.2, 0) is 17.8 Å². The molecule has 0 unspecified atom stereocenters. The standard InChI is InChI=1S/C21H17F2N3O3S2/c1-2-14-9-15-19(31-14)25-21(26(20(15)28)10-13-4-3-7-29-13)30-11-18(27)24-17-6-5-12(22)8-16(17)23/h3-9H,2,10-11H2,1H3,(H,24,27). The van der Waals surface area contributed by atoms with Crippen LogP contribution < -0.4 is 10.9 Å². The third-order valence-electron chi connectivity index (χ3n) is 4.45. The van der Waals surface area contributed by atoms with Crippen LogP contribution >= 0.6 is 23.1 Å². The van der Waals surface area contributed by atoms with E-state index in [1.54, 1.807) is 12.1 Å². The number of anilines is 1. The summed E-state index contributed by atoms with van der Waals surface area (Å²) in [6, 6.07) is 8.23. The molecule has 4 aromatic rings. The van der Waals surface area contributed by atoms with Gasteiger partial charge in [-0.3, -0.25) is 14.2 Å². The highest BCUT2D eigenvalue weighted by Crippen LogP contribution is 2.26. The van der Waals surface area contributed by atoms with Gasteiger partial charge in [-0.1, -0.05) is 18.7 Å². The van der Waals surface area contributed by atoms with Crippen molar-refractivity contribution in [1.29, 1.82) is 0 Å². The number of thiophene rings is 1. The summed E-state index contributed by atoms with van der Waals surface area (Å²) in [5.41, 5.74) is -0.334. The maximum Gasteiger partial charge on any atom is 0.263 e. The van der Waals surface area contributed by atoms with Gasteiger partial charge >= 0.3 is 0 Å². The van der Waals surface area contributed by atoms with Crippen molar-refractivity contribution >= 4 is 44.9 Å². The molecule has 0 spiro atoms. The van der Waals surface area contributed by atoms with Gasteiger partial charge in [-0.25, -0.2) is 13.8 Å². The van der Waals surface area contributed by atoms with E-state index in [4.69, 9.17) is 4.42 Å². The van der Waals surface area contributed by atoms with Gasteiger partial charge in [0.2, 0.25) is 5.91 Å². The SMILES string of the molecule is CCc1cc2c(=O)n(Cc3ccco3)c(SCC(=O)Nc3ccc(F)cc3F)nc2s1. The number of halogens is 2. The molecule has 0 aliphatic carbocycles. The number of thioether (sulfide) groups is 1. The Morgan fingerprint density at radius 3 is 2.84 bits per heavy atom. The van der Waals surface area contributed by atoms with Crippen molar-refractivity contribution in [2.75, 3.05) is 11.1 Å². The minimum Gasteiger partial charge on any atom is -0.467 e. The van der Waals surface area contributed by atoms with E-state index in [0.717, 1.165) is 35.2 Å². The first-order valence-electron chi connectivity index (χ1n) is 9.38. The summed E-state index contributed by atoms with van der Waals surface area (Å²) in [5, 5.41) is 3.28. The number of aryl methyl sites for hydroxylation is 1. The van der Waals surface area contributed by atoms with Gasteiger partial charge in [0.25, 0.3) is 5.56 Å². The van der Waals surface area contributed by atoms with Crippen LogP contribution in [0.5, 0.6) is 0 Å². The molecule has 3 heterocycles. The molecule has 0 aliphatic heterocycles. The van der Waals surface area contributed by atoms with Crippen LogP contribution in [0.1, 0.15) is 17.6 Å². The lowest BCUT2D eigenvalue weighted by atomic mass is 10.3. The third kappa shape index (κ3) is 4.70. The zero-order valence-electron chi connectivity index (χ0n) is 16.4. The molecule has 10 heteroatoms. The summed E-state index contributed by atoms with van der Waals surface area (Å²) in [7, 11) is 0. The number of amides is 1. The molecule has 0 aliphatic rings. The highest BCUT2D eigenvalue weighted by molar-refractivity contribution is 7.99. The minimum atomic E-state index is -0.863. The number of benzene rings is 1. The van der Waals surface area contributed by atoms with E-state index < -0.39 is 17.5 Å². The molecular formula is C21H17F2N3O3S2. The smallest absolute Gasteiger partial charge is 0.263 e. The Hall–Kier alpha value is -2.98. The second-order valence-electron chi connectivity index (χ2n) is 6.61. The Balaban J connectivity index is 1.60. The first kappa shape index (κ1) is 21.3. The summed E-state index contributed by atoms with van der Waals surface area (Å²) < 4.78 is 33.7. The molecule has 0 atom stereocenters. The number of furan rings is 1. The van der Waals surface area contributed by atoms with E-state index >= 15 is 0 Å². The molecule has 0 fully saturated rings. The molecule has 3 aromatic heterocycles. The molecule has 160 valence electrons. The van der Waals surface area contributed by atoms with Gasteiger partial charge in [-0.15, -0.1) is 11.3 Å². The summed E-state index contributed by atoms with van der Waals surface area (Å²) in [5.74, 6) is -1.63. The number of hydrogen-bond donors (Lipinski definition) is 1. The predicted octanol–water partition coefficient (Wildman–Crippen LogP) is 4.67. The normalized spacial score (nSPS) is 11.2. The molecule has 0 saturated heterocycles. The maximum atomic E-state index is 13.8. The Bertz CT molecular complexity index is 1300. The lowest BCUT2D eigenvalue weighted by Crippen LogP contribution is -2.24. The van der Waals surface area contributed by atoms with E-state index in [1.807, 2.05) is 13.0 Å². The van der Waals surface area contributed by atoms with Gasteiger partial charge in [-0.05, 0) is 36.8 Å². The third-order valence-corrected chi connectivity index (χ3v) is 6.60. The van der Waals surface area contributed by atoms with Crippen LogP contribution in [0.4, 0.5) is 14.5 Å². The molecule has 1 N–H and O–H groups in total. The topological polar surface area (TPSA) is 77.1 Å². The minimum absolute atomic E-state index is 0.112. The fraction of sp³-hybridized carbons (Fsp3) is 0.190. The van der Waals surface area contributed by atoms with Crippen LogP contribution in [0.3, 0.4) is 0 Å². The van der Waals surface area contributed by atoms with Gasteiger partial charge in [0.05, 0.1) is 29.6 Å². The number of carbonyl (C=O) groups is 1. The van der Waals surface area contributed by atoms with Crippen molar-refractivity contribution in [2.45, 2.75) is 25.0 Å². The number of nitrogens with one attached hydrogen (secondary N) is 1. The summed E-state index contributed by atoms with van der Waals surface area (Å²) >= 11 is 2.49. The molecule has 1 aromatic carbocycles. The Labute approximate surface area is 183 Å². The van der Waals surface area contributed by atoms with Gasteiger partial charge in [0.15, 0.2) is 5.16 Å². The maximum absolute atomic E-state index is 13.8. The Kier molecular flexibility index (Phi) is 6.19. The zero-order chi connectivity index (χ0) is 22.0. The number of fused-ring (bicyclic) bond motifs is 1. The molecule has 1 amide bonds. The average Bonchev–Trinajstić information content (AvgIpc) is 3.40. The average molecular weight is 462 g/mol. The number of rotatable bonds is 7. The summed E-state index contributed by atoms with van der Waals surface area (Å²) in [6.45, 7) is 2.17. The first-order valence-corrected chi connectivity index (χ1v) is 11.2. The fourth-order valence-corrected chi connectivity index (χ4v) is 4.74. The summed E-state index contributed by atoms with van der Waals surface area (Å²) in [4.78, 5) is 31.7. The number of nitrogens with zero attached hydrogens (tertiary/aromatic N) is 2. The fourth-order valence-electron chi connectivity index (χ4n) is 2.94. The molecule has 31 heavy (non-hydrogen) atoms. The number of hydrogen-bond acceptors (Lipinski definition) is 6. The van der Waals surface area contributed by atoms with E-state index in [0.29, 0.717) is 27.2 Å². The molecule has 6 nitrogen and oxygen atoms in total. The van der Waals surface area contributed by atoms with Crippen molar-refractivity contribution in [3.63, 3.8) is 0 Å². The predicted molar refractivity (Wildman–Crippen MR) is 117 cm³/mol. The van der Waals surface area contributed by atoms with E-state index in [1.165, 1.54) is 22.2 Å². The van der Waals surface area contributed by atoms with Crippen LogP contribution in [0.2, 0.25) is 0 Å². The highest BCUT2D eigenvalue weighted by atomic mass is 32.2. The Morgan fingerprint density at radius 2 is 2.13 bits per heavy atom. The van der Waals surface area contributed by atoms with E-state index in [9.17, 15) is 18.4 Å². The highest BCUT2D eigenvalue weighted by Gasteiger charge is 2.17. The van der Waals surface area contributed by atoms with Gasteiger partial charge < -0.3 is 9.73 Å². The van der Waals surface area contributed by atoms with Crippen LogP contribution in [0, 0.1) is 11.6 Å². The molecular weight excluding hydrogens is 444 g/mol. The second-order valence-corrected chi connectivity index (χ2v) is 8.67. The van der Waals surface area contributed by atoms with Crippen LogP contribution in [-0.4, -0.2) is 21.2 Å². The second kappa shape index (κ2) is 9.03. The van der Waals surface area contributed by atoms with Crippen molar-refractivity contribution < 1.29 is 18.0 Å². The lowest BCUT2D eigenvalue weighted by molar-refractivity contribution is -0.113. The Morgan fingerprint density at radius 1 is 1.29 bits per heavy atom. The van der Waals surface area contributed by atoms with Crippen LogP contribution in [0.25, 0.3) is 10.2 Å². The van der Waals surface area contributed by atoms with Crippen molar-refractivity contribution in [3.05, 3.63) is 75.3 Å². The lowest BCUT2D eigenvalue weighted by Gasteiger charge is -2.11. The monoisotopic (exact) mass is 461 g/mol. The van der Waals surface area contributed by atoms with E-state index in [-0.39, 0.29) is 23.5 Å². The van der Waals surface area contributed by atoms with Gasteiger partial charge in [-0.2, -0.15) is 0 Å². The number of carbonyl (C=O) groups excluding carboxylic acids is 1. The van der Waals surface area contributed by atoms with Crippen molar-refractivity contribution in [1.82, 2.24) is 9.55 Å². The molecule has 0 radical (unpaired) electrons. The zero-order valence-corrected chi connectivity index (χ0v) is 18.0. The molecule has 4 rings (SSSR count). The van der Waals surface area contributed by atoms with Crippen molar-refractivity contribution in [2.24, 2.45) is 0 Å². The van der Waals surface area contributed by atoms with Crippen LogP contribution in [0.15, 0.2) is 57.0 Å². The largest absolute Gasteiger partial charge is 0.467 e. The van der Waals surface area contributed by atoms with Gasteiger partial charge in [0, 0.05) is 10.9 Å². The van der Waals surface area contributed by atoms with Gasteiger partial charge in [0.1, 0.15) is 22.2 Å². The molecule has 0 bridgehead atoms.